The van der Waals surface area contributed by atoms with Crippen LogP contribution in [0.5, 0.6) is 0 Å². The predicted octanol–water partition coefficient (Wildman–Crippen LogP) is 5.96. The van der Waals surface area contributed by atoms with Crippen LogP contribution in [-0.2, 0) is 10.3 Å². The van der Waals surface area contributed by atoms with Gasteiger partial charge in [0, 0.05) is 30.3 Å². The van der Waals surface area contributed by atoms with Crippen molar-refractivity contribution < 1.29 is 18.4 Å². The van der Waals surface area contributed by atoms with Gasteiger partial charge in [-0.3, -0.25) is 14.6 Å². The molecule has 8 heteroatoms. The summed E-state index contributed by atoms with van der Waals surface area (Å²) in [6, 6.07) is 21.0. The zero-order chi connectivity index (χ0) is 30.1. The van der Waals surface area contributed by atoms with Crippen LogP contribution >= 0.6 is 0 Å². The summed E-state index contributed by atoms with van der Waals surface area (Å²) in [7, 11) is 1.53. The second-order valence-corrected chi connectivity index (χ2v) is 11.1. The van der Waals surface area contributed by atoms with E-state index in [0.29, 0.717) is 46.5 Å². The van der Waals surface area contributed by atoms with E-state index in [4.69, 9.17) is 5.10 Å². The highest BCUT2D eigenvalue weighted by Crippen LogP contribution is 2.45. The van der Waals surface area contributed by atoms with Crippen LogP contribution in [0.2, 0.25) is 0 Å². The number of aryl methyl sites for hydroxylation is 1. The number of hydrogen-bond acceptors (Lipinski definition) is 4. The smallest absolute Gasteiger partial charge is 0.253 e. The van der Waals surface area contributed by atoms with Crippen molar-refractivity contribution in [2.75, 3.05) is 20.1 Å². The maximum Gasteiger partial charge on any atom is 0.253 e. The second-order valence-electron chi connectivity index (χ2n) is 11.1. The first-order valence-corrected chi connectivity index (χ1v) is 14.4. The van der Waals surface area contributed by atoms with Crippen LogP contribution in [0.3, 0.4) is 0 Å². The number of allylic oxidation sites excluding steroid dienone is 3. The normalized spacial score (nSPS) is 17.5. The van der Waals surface area contributed by atoms with Gasteiger partial charge in [0.05, 0.1) is 17.7 Å². The third-order valence-corrected chi connectivity index (χ3v) is 8.29. The Bertz CT molecular complexity index is 1720. The van der Waals surface area contributed by atoms with Crippen molar-refractivity contribution in [1.82, 2.24) is 15.6 Å². The molecule has 6 nitrogen and oxygen atoms in total. The molecule has 0 atom stereocenters. The summed E-state index contributed by atoms with van der Waals surface area (Å²) >= 11 is 0. The number of nitrogens with one attached hydrogen (secondary N) is 2. The van der Waals surface area contributed by atoms with Gasteiger partial charge in [0.25, 0.3) is 11.8 Å². The van der Waals surface area contributed by atoms with E-state index in [-0.39, 0.29) is 29.5 Å². The summed E-state index contributed by atoms with van der Waals surface area (Å²) in [6.45, 7) is 2.49. The molecule has 2 amide bonds. The van der Waals surface area contributed by atoms with Gasteiger partial charge >= 0.3 is 0 Å². The predicted molar refractivity (Wildman–Crippen MR) is 163 cm³/mol. The second kappa shape index (κ2) is 11.4. The maximum atomic E-state index is 16.0. The lowest BCUT2D eigenvalue weighted by Gasteiger charge is -2.19. The number of hydrazone groups is 1. The van der Waals surface area contributed by atoms with Gasteiger partial charge in [-0.2, -0.15) is 5.10 Å². The highest BCUT2D eigenvalue weighted by molar-refractivity contribution is 6.29. The fourth-order valence-electron chi connectivity index (χ4n) is 5.69. The molecule has 6 rings (SSSR count). The summed E-state index contributed by atoms with van der Waals surface area (Å²) in [5.74, 6) is -1.47. The lowest BCUT2D eigenvalue weighted by atomic mass is 9.90. The quantitative estimate of drug-likeness (QED) is 0.379. The number of hydrogen-bond donors (Lipinski definition) is 2. The van der Waals surface area contributed by atoms with Gasteiger partial charge in [-0.05, 0) is 97.0 Å². The van der Waals surface area contributed by atoms with Gasteiger partial charge in [0.1, 0.15) is 17.4 Å². The number of rotatable bonds is 6. The number of benzene rings is 3. The molecule has 1 saturated carbocycles. The van der Waals surface area contributed by atoms with Crippen LogP contribution in [0.15, 0.2) is 107 Å². The average molecular weight is 579 g/mol. The third-order valence-electron chi connectivity index (χ3n) is 8.29. The Morgan fingerprint density at radius 3 is 2.40 bits per heavy atom. The Balaban J connectivity index is 1.44. The van der Waals surface area contributed by atoms with Gasteiger partial charge in [-0.1, -0.05) is 36.4 Å². The van der Waals surface area contributed by atoms with Gasteiger partial charge in [-0.15, -0.1) is 0 Å². The summed E-state index contributed by atoms with van der Waals surface area (Å²) in [5, 5.41) is 12.3. The molecule has 0 saturated heterocycles. The van der Waals surface area contributed by atoms with Gasteiger partial charge < -0.3 is 10.6 Å². The van der Waals surface area contributed by atoms with E-state index in [2.05, 4.69) is 10.6 Å². The molecule has 1 fully saturated rings. The first kappa shape index (κ1) is 28.3. The van der Waals surface area contributed by atoms with Crippen molar-refractivity contribution in [3.63, 3.8) is 0 Å². The maximum absolute atomic E-state index is 16.0. The van der Waals surface area contributed by atoms with Crippen LogP contribution in [0, 0.1) is 12.7 Å². The average Bonchev–Trinajstić information content (AvgIpc) is 3.82. The van der Waals surface area contributed by atoms with Crippen molar-refractivity contribution in [2.24, 2.45) is 5.10 Å². The molecule has 0 aromatic heterocycles. The van der Waals surface area contributed by atoms with Gasteiger partial charge in [0.15, 0.2) is 0 Å². The zero-order valence-electron chi connectivity index (χ0n) is 24.1. The lowest BCUT2D eigenvalue weighted by Crippen LogP contribution is -2.34. The van der Waals surface area contributed by atoms with Crippen LogP contribution < -0.4 is 10.6 Å². The molecule has 3 aromatic rings. The zero-order valence-corrected chi connectivity index (χ0v) is 24.1. The molecule has 3 aromatic carbocycles. The lowest BCUT2D eigenvalue weighted by molar-refractivity contribution is -0.116. The summed E-state index contributed by atoms with van der Waals surface area (Å²) in [5.41, 5.74) is 4.61. The van der Waals surface area contributed by atoms with E-state index in [1.165, 1.54) is 25.3 Å². The monoisotopic (exact) mass is 578 g/mol. The number of fused-ring (bicyclic) bond motifs is 3. The SMILES string of the molecule is CNC(=O)C1=C2C=C(c3cc(C(=O)NC4(c5ccccc5)CC4)ccc3C)C(F)=CCN(CC2)N=C1c1ccc(F)cc1. The van der Waals surface area contributed by atoms with Gasteiger partial charge in [0.2, 0.25) is 0 Å². The third kappa shape index (κ3) is 5.65. The Morgan fingerprint density at radius 1 is 0.953 bits per heavy atom. The highest BCUT2D eigenvalue weighted by Gasteiger charge is 2.45. The molecular weight excluding hydrogens is 546 g/mol. The summed E-state index contributed by atoms with van der Waals surface area (Å²) in [4.78, 5) is 26.8. The van der Waals surface area contributed by atoms with E-state index in [0.717, 1.165) is 24.0 Å². The summed E-state index contributed by atoms with van der Waals surface area (Å²) < 4.78 is 29.8. The summed E-state index contributed by atoms with van der Waals surface area (Å²) in [6.07, 6.45) is 5.30. The molecule has 43 heavy (non-hydrogen) atoms. The largest absolute Gasteiger partial charge is 0.355 e. The number of halogens is 2. The van der Waals surface area contributed by atoms with E-state index < -0.39 is 11.6 Å². The number of amides is 2. The number of carbonyl (C=O) groups is 2. The van der Waals surface area contributed by atoms with Crippen LogP contribution in [0.1, 0.15) is 51.9 Å². The Hall–Kier alpha value is -4.85. The van der Waals surface area contributed by atoms with Gasteiger partial charge in [-0.25, -0.2) is 8.78 Å². The fraction of sp³-hybridized carbons (Fsp3) is 0.229. The minimum Gasteiger partial charge on any atom is -0.355 e. The van der Waals surface area contributed by atoms with Crippen molar-refractivity contribution >= 4 is 23.1 Å². The topological polar surface area (TPSA) is 73.8 Å². The van der Waals surface area contributed by atoms with Crippen LogP contribution in [0.25, 0.3) is 5.57 Å². The molecule has 1 aliphatic carbocycles. The van der Waals surface area contributed by atoms with E-state index in [9.17, 15) is 14.0 Å². The molecule has 0 radical (unpaired) electrons. The van der Waals surface area contributed by atoms with Crippen molar-refractivity contribution in [3.8, 4) is 0 Å². The molecule has 0 spiro atoms. The van der Waals surface area contributed by atoms with Crippen molar-refractivity contribution in [3.05, 3.63) is 136 Å². The Morgan fingerprint density at radius 2 is 1.70 bits per heavy atom. The number of carbonyl (C=O) groups excluding carboxylic acids is 2. The van der Waals surface area contributed by atoms with Crippen LogP contribution in [-0.4, -0.2) is 42.7 Å². The van der Waals surface area contributed by atoms with E-state index in [1.807, 2.05) is 43.3 Å². The molecule has 0 unspecified atom stereocenters. The number of likely N-dealkylation sites (N-methyl/N-ethyl adjacent to an activating group) is 1. The molecule has 218 valence electrons. The Kier molecular flexibility index (Phi) is 7.52. The first-order valence-electron chi connectivity index (χ1n) is 14.4. The highest BCUT2D eigenvalue weighted by atomic mass is 19.1. The first-order chi connectivity index (χ1) is 20.8. The van der Waals surface area contributed by atoms with Crippen molar-refractivity contribution in [2.45, 2.75) is 31.7 Å². The minimum atomic E-state index is -0.468. The minimum absolute atomic E-state index is 0.168. The molecule has 2 bridgehead atoms. The molecular formula is C35H32F2N4O2. The fourth-order valence-corrected chi connectivity index (χ4v) is 5.69. The molecule has 2 N–H and O–H groups in total. The van der Waals surface area contributed by atoms with E-state index in [1.54, 1.807) is 35.4 Å². The van der Waals surface area contributed by atoms with Crippen molar-refractivity contribution in [1.29, 1.82) is 0 Å². The van der Waals surface area contributed by atoms with E-state index >= 15 is 4.39 Å². The van der Waals surface area contributed by atoms with Crippen LogP contribution in [0.4, 0.5) is 8.78 Å². The Labute approximate surface area is 249 Å². The standard InChI is InChI=1S/C35H32F2N4O2/c1-22-8-9-25(33(42)39-35(16-17-35)26-6-4-3-5-7-26)21-28(22)29-20-24-14-18-41(19-15-30(29)37)40-32(31(24)34(43)38-2)23-10-12-27(36)13-11-23/h3-13,15,20-21H,14,16-19H2,1-2H3,(H,38,43)(H,39,42). The molecule has 2 heterocycles. The molecule has 3 aliphatic rings. The molecule has 2 aliphatic heterocycles. The number of nitrogens with zero attached hydrogens (tertiary/aromatic N) is 2.